The predicted molar refractivity (Wildman–Crippen MR) is 100 cm³/mol. The molecule has 0 aromatic heterocycles. The summed E-state index contributed by atoms with van der Waals surface area (Å²) in [6.07, 6.45) is 3.76. The van der Waals surface area contributed by atoms with Crippen LogP contribution in [0.4, 0.5) is 0 Å². The van der Waals surface area contributed by atoms with Crippen molar-refractivity contribution in [2.24, 2.45) is 0 Å². The zero-order valence-corrected chi connectivity index (χ0v) is 15.3. The minimum atomic E-state index is -0.0519. The summed E-state index contributed by atoms with van der Waals surface area (Å²) in [5.41, 5.74) is 3.43. The van der Waals surface area contributed by atoms with Crippen LogP contribution in [0.5, 0.6) is 5.75 Å². The van der Waals surface area contributed by atoms with Crippen molar-refractivity contribution in [3.05, 3.63) is 64.2 Å². The summed E-state index contributed by atoms with van der Waals surface area (Å²) in [6, 6.07) is 14.3. The molecule has 2 aromatic carbocycles. The number of hydrogen-bond donors (Lipinski definition) is 1. The van der Waals surface area contributed by atoms with Gasteiger partial charge in [-0.15, -0.1) is 0 Å². The molecule has 4 heteroatoms. The normalized spacial score (nSPS) is 20.4. The maximum atomic E-state index is 9.35. The Bertz CT molecular complexity index is 684. The quantitative estimate of drug-likeness (QED) is 0.793. The maximum Gasteiger partial charge on any atom is 0.119 e. The van der Waals surface area contributed by atoms with Crippen LogP contribution in [0.1, 0.15) is 49.0 Å². The summed E-state index contributed by atoms with van der Waals surface area (Å²) in [7, 11) is 0. The third-order valence-corrected chi connectivity index (χ3v) is 4.99. The van der Waals surface area contributed by atoms with Crippen molar-refractivity contribution in [3.8, 4) is 5.75 Å². The molecule has 0 aliphatic carbocycles. The van der Waals surface area contributed by atoms with Crippen LogP contribution >= 0.6 is 11.6 Å². The minimum Gasteiger partial charge on any atom is -0.494 e. The highest BCUT2D eigenvalue weighted by Crippen LogP contribution is 2.33. The van der Waals surface area contributed by atoms with Gasteiger partial charge < -0.3 is 14.6 Å². The Morgan fingerprint density at radius 1 is 1.16 bits per heavy atom. The number of aliphatic hydroxyl groups excluding tert-OH is 1. The van der Waals surface area contributed by atoms with Gasteiger partial charge in [-0.25, -0.2) is 0 Å². The van der Waals surface area contributed by atoms with Crippen molar-refractivity contribution in [1.82, 2.24) is 0 Å². The third kappa shape index (κ3) is 4.75. The number of halogens is 1. The van der Waals surface area contributed by atoms with E-state index >= 15 is 0 Å². The molecule has 134 valence electrons. The van der Waals surface area contributed by atoms with Crippen LogP contribution in [-0.4, -0.2) is 24.4 Å². The van der Waals surface area contributed by atoms with E-state index < -0.39 is 0 Å². The first kappa shape index (κ1) is 18.2. The van der Waals surface area contributed by atoms with E-state index in [0.29, 0.717) is 6.61 Å². The molecule has 1 aliphatic rings. The molecule has 0 saturated carbocycles. The van der Waals surface area contributed by atoms with Crippen LogP contribution in [0.15, 0.2) is 42.5 Å². The van der Waals surface area contributed by atoms with Gasteiger partial charge in [0.2, 0.25) is 0 Å². The van der Waals surface area contributed by atoms with Gasteiger partial charge in [-0.05, 0) is 67.5 Å². The standard InChI is InChI=1S/C21H25ClO3/c1-2-24-18-9-6-15(7-10-18)12-17-13-16(8-11-20(17)22)21-5-3-4-19(14-23)25-21/h6-11,13,19,21,23H,2-5,12,14H2,1H3/t19-,21?/m0/s1. The zero-order valence-electron chi connectivity index (χ0n) is 14.6. The molecule has 1 unspecified atom stereocenters. The van der Waals surface area contributed by atoms with Gasteiger partial charge in [0.15, 0.2) is 0 Å². The molecule has 1 aliphatic heterocycles. The minimum absolute atomic E-state index is 0.0437. The summed E-state index contributed by atoms with van der Waals surface area (Å²) in [6.45, 7) is 2.74. The highest BCUT2D eigenvalue weighted by atomic mass is 35.5. The second kappa shape index (κ2) is 8.70. The molecule has 1 heterocycles. The predicted octanol–water partition coefficient (Wildman–Crippen LogP) is 4.93. The number of hydrogen-bond acceptors (Lipinski definition) is 3. The Labute approximate surface area is 154 Å². The lowest BCUT2D eigenvalue weighted by Gasteiger charge is -2.29. The molecular weight excluding hydrogens is 336 g/mol. The topological polar surface area (TPSA) is 38.7 Å². The van der Waals surface area contributed by atoms with Gasteiger partial charge in [-0.1, -0.05) is 35.9 Å². The number of benzene rings is 2. The van der Waals surface area contributed by atoms with Gasteiger partial charge in [-0.2, -0.15) is 0 Å². The first-order chi connectivity index (χ1) is 12.2. The summed E-state index contributed by atoms with van der Waals surface area (Å²) in [4.78, 5) is 0. The van der Waals surface area contributed by atoms with Gasteiger partial charge in [0.25, 0.3) is 0 Å². The monoisotopic (exact) mass is 360 g/mol. The maximum absolute atomic E-state index is 9.35. The molecule has 0 amide bonds. The molecule has 3 nitrogen and oxygen atoms in total. The Hall–Kier alpha value is -1.55. The van der Waals surface area contributed by atoms with E-state index in [1.165, 1.54) is 5.56 Å². The van der Waals surface area contributed by atoms with Crippen LogP contribution < -0.4 is 4.74 Å². The van der Waals surface area contributed by atoms with Crippen LogP contribution in [0.3, 0.4) is 0 Å². The molecule has 0 radical (unpaired) electrons. The van der Waals surface area contributed by atoms with Crippen molar-refractivity contribution < 1.29 is 14.6 Å². The zero-order chi connectivity index (χ0) is 17.6. The highest BCUT2D eigenvalue weighted by Gasteiger charge is 2.23. The largest absolute Gasteiger partial charge is 0.494 e. The molecule has 1 saturated heterocycles. The van der Waals surface area contributed by atoms with Crippen LogP contribution in [0, 0.1) is 0 Å². The fraction of sp³-hybridized carbons (Fsp3) is 0.429. The van der Waals surface area contributed by atoms with Crippen LogP contribution in [-0.2, 0) is 11.2 Å². The summed E-state index contributed by atoms with van der Waals surface area (Å²) in [5, 5.41) is 10.1. The van der Waals surface area contributed by atoms with E-state index in [2.05, 4.69) is 18.2 Å². The Morgan fingerprint density at radius 3 is 2.68 bits per heavy atom. The number of aliphatic hydroxyl groups is 1. The van der Waals surface area contributed by atoms with Crippen molar-refractivity contribution in [2.75, 3.05) is 13.2 Å². The SMILES string of the molecule is CCOc1ccc(Cc2cc(C3CCC[C@@H](CO)O3)ccc2Cl)cc1. The highest BCUT2D eigenvalue weighted by molar-refractivity contribution is 6.31. The van der Waals surface area contributed by atoms with Crippen molar-refractivity contribution in [2.45, 2.75) is 44.8 Å². The first-order valence-corrected chi connectivity index (χ1v) is 9.33. The molecule has 1 fully saturated rings. The number of rotatable bonds is 6. The van der Waals surface area contributed by atoms with Crippen LogP contribution in [0.2, 0.25) is 5.02 Å². The van der Waals surface area contributed by atoms with Gasteiger partial charge in [-0.3, -0.25) is 0 Å². The molecule has 0 spiro atoms. The van der Waals surface area contributed by atoms with Gasteiger partial charge in [0.1, 0.15) is 5.75 Å². The van der Waals surface area contributed by atoms with E-state index in [-0.39, 0.29) is 18.8 Å². The van der Waals surface area contributed by atoms with E-state index in [1.54, 1.807) is 0 Å². The molecule has 2 atom stereocenters. The second-order valence-corrected chi connectivity index (χ2v) is 6.87. The average Bonchev–Trinajstić information content (AvgIpc) is 2.65. The van der Waals surface area contributed by atoms with Crippen molar-refractivity contribution in [3.63, 3.8) is 0 Å². The summed E-state index contributed by atoms with van der Waals surface area (Å²) >= 11 is 6.42. The Morgan fingerprint density at radius 2 is 1.96 bits per heavy atom. The van der Waals surface area contributed by atoms with E-state index in [4.69, 9.17) is 21.1 Å². The molecule has 25 heavy (non-hydrogen) atoms. The average molecular weight is 361 g/mol. The second-order valence-electron chi connectivity index (χ2n) is 6.46. The van der Waals surface area contributed by atoms with Gasteiger partial charge >= 0.3 is 0 Å². The fourth-order valence-corrected chi connectivity index (χ4v) is 3.48. The van der Waals surface area contributed by atoms with Crippen molar-refractivity contribution in [1.29, 1.82) is 0 Å². The lowest BCUT2D eigenvalue weighted by atomic mass is 9.95. The Balaban J connectivity index is 1.75. The van der Waals surface area contributed by atoms with Gasteiger partial charge in [0.05, 0.1) is 25.4 Å². The molecular formula is C21H25ClO3. The van der Waals surface area contributed by atoms with E-state index in [9.17, 15) is 5.11 Å². The molecule has 3 rings (SSSR count). The molecule has 0 bridgehead atoms. The van der Waals surface area contributed by atoms with Crippen LogP contribution in [0.25, 0.3) is 0 Å². The van der Waals surface area contributed by atoms with E-state index in [1.807, 2.05) is 31.2 Å². The fourth-order valence-electron chi connectivity index (χ4n) is 3.30. The van der Waals surface area contributed by atoms with Crippen molar-refractivity contribution >= 4 is 11.6 Å². The number of ether oxygens (including phenoxy) is 2. The summed E-state index contributed by atoms with van der Waals surface area (Å²) < 4.78 is 11.5. The molecule has 2 aromatic rings. The lowest BCUT2D eigenvalue weighted by molar-refractivity contribution is -0.0737. The first-order valence-electron chi connectivity index (χ1n) is 8.96. The lowest BCUT2D eigenvalue weighted by Crippen LogP contribution is -2.25. The molecule has 1 N–H and O–H groups in total. The van der Waals surface area contributed by atoms with E-state index in [0.717, 1.165) is 47.6 Å². The third-order valence-electron chi connectivity index (χ3n) is 4.62. The Kier molecular flexibility index (Phi) is 6.35. The summed E-state index contributed by atoms with van der Waals surface area (Å²) in [5.74, 6) is 0.886. The van der Waals surface area contributed by atoms with Gasteiger partial charge in [0, 0.05) is 5.02 Å². The smallest absolute Gasteiger partial charge is 0.119 e.